The van der Waals surface area contributed by atoms with Gasteiger partial charge in [0.1, 0.15) is 5.82 Å². The number of rotatable bonds is 5. The lowest BCUT2D eigenvalue weighted by Gasteiger charge is -2.20. The van der Waals surface area contributed by atoms with Gasteiger partial charge in [0.25, 0.3) is 0 Å². The van der Waals surface area contributed by atoms with Crippen molar-refractivity contribution in [3.63, 3.8) is 0 Å². The topological polar surface area (TPSA) is 61.4 Å². The lowest BCUT2D eigenvalue weighted by atomic mass is 9.98. The molecule has 1 heterocycles. The Morgan fingerprint density at radius 3 is 2.74 bits per heavy atom. The molecule has 1 atom stereocenters. The van der Waals surface area contributed by atoms with E-state index >= 15 is 0 Å². The van der Waals surface area contributed by atoms with Crippen molar-refractivity contribution in [2.45, 2.75) is 31.9 Å². The van der Waals surface area contributed by atoms with E-state index in [1.54, 1.807) is 12.1 Å². The summed E-state index contributed by atoms with van der Waals surface area (Å²) in [6.45, 7) is 0.470. The zero-order valence-electron chi connectivity index (χ0n) is 12.7. The molecule has 23 heavy (non-hydrogen) atoms. The Hall–Kier alpha value is -2.40. The smallest absolute Gasteiger partial charge is 0.319 e. The molecule has 0 saturated heterocycles. The van der Waals surface area contributed by atoms with E-state index in [2.05, 4.69) is 10.6 Å². The second-order valence-corrected chi connectivity index (χ2v) is 5.76. The fourth-order valence-corrected chi connectivity index (χ4v) is 2.75. The van der Waals surface area contributed by atoms with Crippen molar-refractivity contribution in [1.29, 1.82) is 0 Å². The van der Waals surface area contributed by atoms with Crippen molar-refractivity contribution in [2.75, 3.05) is 5.32 Å². The molecular weight excluding hydrogens is 295 g/mol. The van der Waals surface area contributed by atoms with E-state index in [-0.39, 0.29) is 11.8 Å². The molecular formula is C18H19FN2O2. The molecule has 120 valence electrons. The highest BCUT2D eigenvalue weighted by Gasteiger charge is 2.16. The molecule has 2 aromatic carbocycles. The van der Waals surface area contributed by atoms with Crippen LogP contribution in [-0.2, 0) is 13.0 Å². The third kappa shape index (κ3) is 3.87. The number of aliphatic hydroxyl groups excluding tert-OH is 1. The van der Waals surface area contributed by atoms with E-state index in [0.29, 0.717) is 13.0 Å². The van der Waals surface area contributed by atoms with Crippen LogP contribution in [-0.4, -0.2) is 11.1 Å². The maximum atomic E-state index is 12.8. The minimum Gasteiger partial charge on any atom is -0.388 e. The zero-order valence-corrected chi connectivity index (χ0v) is 12.7. The van der Waals surface area contributed by atoms with Crippen molar-refractivity contribution in [1.82, 2.24) is 5.32 Å². The second kappa shape index (κ2) is 6.79. The van der Waals surface area contributed by atoms with E-state index < -0.39 is 6.10 Å². The van der Waals surface area contributed by atoms with Crippen LogP contribution < -0.4 is 10.6 Å². The number of benzene rings is 2. The van der Waals surface area contributed by atoms with Gasteiger partial charge < -0.3 is 15.7 Å². The molecule has 0 aromatic heterocycles. The lowest BCUT2D eigenvalue weighted by Crippen LogP contribution is -2.33. The van der Waals surface area contributed by atoms with Crippen LogP contribution in [0.5, 0.6) is 0 Å². The fraction of sp³-hybridized carbons (Fsp3) is 0.278. The minimum atomic E-state index is -0.543. The summed E-state index contributed by atoms with van der Waals surface area (Å²) in [6.07, 6.45) is 1.72. The van der Waals surface area contributed by atoms with Gasteiger partial charge in [0.05, 0.1) is 6.10 Å². The van der Waals surface area contributed by atoms with Gasteiger partial charge in [-0.1, -0.05) is 18.2 Å². The predicted octanol–water partition coefficient (Wildman–Crippen LogP) is 3.52. The molecule has 0 fully saturated rings. The molecule has 3 N–H and O–H groups in total. The number of nitrogens with one attached hydrogen (secondary N) is 2. The lowest BCUT2D eigenvalue weighted by molar-refractivity contribution is 0.164. The number of carbonyl (C=O) groups excluding carboxylic acids is 1. The fourth-order valence-electron chi connectivity index (χ4n) is 2.75. The summed E-state index contributed by atoms with van der Waals surface area (Å²) in [4.78, 5) is 11.2. The maximum absolute atomic E-state index is 12.8. The number of hydrogen-bond acceptors (Lipinski definition) is 2. The van der Waals surface area contributed by atoms with Crippen LogP contribution in [0.25, 0.3) is 0 Å². The van der Waals surface area contributed by atoms with Gasteiger partial charge in [-0.2, -0.15) is 0 Å². The van der Waals surface area contributed by atoms with Gasteiger partial charge in [-0.15, -0.1) is 0 Å². The van der Waals surface area contributed by atoms with E-state index in [0.717, 1.165) is 35.2 Å². The Balaban J connectivity index is 1.57. The third-order valence-corrected chi connectivity index (χ3v) is 4.06. The zero-order chi connectivity index (χ0) is 16.2. The molecule has 2 aromatic rings. The number of carbonyl (C=O) groups is 1. The SMILES string of the molecule is O=C1NCc2cc(C(O)CCCc3ccc(F)cc3)ccc2N1. The van der Waals surface area contributed by atoms with Crippen LogP contribution in [0.1, 0.15) is 35.6 Å². The average molecular weight is 314 g/mol. The Bertz CT molecular complexity index is 701. The van der Waals surface area contributed by atoms with Crippen LogP contribution in [0.15, 0.2) is 42.5 Å². The number of amides is 2. The van der Waals surface area contributed by atoms with Gasteiger partial charge >= 0.3 is 6.03 Å². The standard InChI is InChI=1S/C18H19FN2O2/c19-15-7-4-12(5-8-15)2-1-3-17(22)13-6-9-16-14(10-13)11-20-18(23)21-16/h4-10,17,22H,1-3,11H2,(H2,20,21,23). The molecule has 4 nitrogen and oxygen atoms in total. The van der Waals surface area contributed by atoms with Gasteiger partial charge in [-0.25, -0.2) is 9.18 Å². The van der Waals surface area contributed by atoms with Crippen LogP contribution in [0.3, 0.4) is 0 Å². The number of urea groups is 1. The maximum Gasteiger partial charge on any atom is 0.319 e. The molecule has 1 aliphatic rings. The number of aryl methyl sites for hydroxylation is 1. The summed E-state index contributed by atoms with van der Waals surface area (Å²) >= 11 is 0. The van der Waals surface area contributed by atoms with Crippen molar-refractivity contribution >= 4 is 11.7 Å². The first-order valence-corrected chi connectivity index (χ1v) is 7.72. The van der Waals surface area contributed by atoms with Crippen molar-refractivity contribution < 1.29 is 14.3 Å². The van der Waals surface area contributed by atoms with Crippen LogP contribution in [0.4, 0.5) is 14.9 Å². The second-order valence-electron chi connectivity index (χ2n) is 5.76. The summed E-state index contributed by atoms with van der Waals surface area (Å²) in [7, 11) is 0. The molecule has 0 saturated carbocycles. The van der Waals surface area contributed by atoms with Crippen LogP contribution in [0, 0.1) is 5.82 Å². The number of hydrogen-bond donors (Lipinski definition) is 3. The molecule has 0 spiro atoms. The summed E-state index contributed by atoms with van der Waals surface area (Å²) in [5.74, 6) is -0.233. The van der Waals surface area contributed by atoms with E-state index in [9.17, 15) is 14.3 Å². The van der Waals surface area contributed by atoms with E-state index in [4.69, 9.17) is 0 Å². The molecule has 2 amide bonds. The van der Waals surface area contributed by atoms with E-state index in [1.165, 1.54) is 12.1 Å². The summed E-state index contributed by atoms with van der Waals surface area (Å²) in [6, 6.07) is 11.8. The number of fused-ring (bicyclic) bond motifs is 1. The van der Waals surface area contributed by atoms with Gasteiger partial charge in [0.2, 0.25) is 0 Å². The largest absolute Gasteiger partial charge is 0.388 e. The quantitative estimate of drug-likeness (QED) is 0.791. The number of halogens is 1. The van der Waals surface area contributed by atoms with Gasteiger partial charge in [-0.05, 0) is 60.2 Å². The molecule has 0 radical (unpaired) electrons. The van der Waals surface area contributed by atoms with Crippen molar-refractivity contribution in [2.24, 2.45) is 0 Å². The Labute approximate surface area is 134 Å². The minimum absolute atomic E-state index is 0.204. The summed E-state index contributed by atoms with van der Waals surface area (Å²) in [5, 5.41) is 15.8. The van der Waals surface area contributed by atoms with Crippen molar-refractivity contribution in [3.05, 3.63) is 65.0 Å². The molecule has 1 unspecified atom stereocenters. The van der Waals surface area contributed by atoms with Gasteiger partial charge in [0, 0.05) is 12.2 Å². The highest BCUT2D eigenvalue weighted by atomic mass is 19.1. The normalized spacial score (nSPS) is 14.6. The van der Waals surface area contributed by atoms with Crippen molar-refractivity contribution in [3.8, 4) is 0 Å². The Morgan fingerprint density at radius 1 is 1.17 bits per heavy atom. The monoisotopic (exact) mass is 314 g/mol. The van der Waals surface area contributed by atoms with Crippen LogP contribution >= 0.6 is 0 Å². The van der Waals surface area contributed by atoms with Gasteiger partial charge in [0.15, 0.2) is 0 Å². The Morgan fingerprint density at radius 2 is 1.96 bits per heavy atom. The predicted molar refractivity (Wildman–Crippen MR) is 86.6 cm³/mol. The third-order valence-electron chi connectivity index (χ3n) is 4.06. The molecule has 0 aliphatic carbocycles. The summed E-state index contributed by atoms with van der Waals surface area (Å²) in [5.41, 5.74) is 3.67. The molecule has 3 rings (SSSR count). The van der Waals surface area contributed by atoms with Crippen LogP contribution in [0.2, 0.25) is 0 Å². The molecule has 0 bridgehead atoms. The number of aliphatic hydroxyl groups is 1. The summed E-state index contributed by atoms with van der Waals surface area (Å²) < 4.78 is 12.8. The van der Waals surface area contributed by atoms with Gasteiger partial charge in [-0.3, -0.25) is 0 Å². The highest BCUT2D eigenvalue weighted by molar-refractivity contribution is 5.92. The first-order valence-electron chi connectivity index (χ1n) is 7.72. The number of anilines is 1. The first-order chi connectivity index (χ1) is 11.1. The first kappa shape index (κ1) is 15.5. The molecule has 1 aliphatic heterocycles. The van der Waals surface area contributed by atoms with E-state index in [1.807, 2.05) is 18.2 Å². The molecule has 5 heteroatoms. The Kier molecular flexibility index (Phi) is 4.57. The highest BCUT2D eigenvalue weighted by Crippen LogP contribution is 2.26. The average Bonchev–Trinajstić information content (AvgIpc) is 2.56.